The van der Waals surface area contributed by atoms with E-state index in [1.165, 1.54) is 31.4 Å². The van der Waals surface area contributed by atoms with Gasteiger partial charge in [0, 0.05) is 29.4 Å². The lowest BCUT2D eigenvalue weighted by Crippen LogP contribution is -2.24. The molecule has 152 valence electrons. The molecule has 0 fully saturated rings. The van der Waals surface area contributed by atoms with Crippen LogP contribution in [0.5, 0.6) is 0 Å². The lowest BCUT2D eigenvalue weighted by Gasteiger charge is -2.11. The minimum Gasteiger partial charge on any atom is -0.451 e. The van der Waals surface area contributed by atoms with Crippen LogP contribution in [0.2, 0.25) is 0 Å². The van der Waals surface area contributed by atoms with Gasteiger partial charge in [-0.3, -0.25) is 9.59 Å². The molecule has 3 aromatic heterocycles. The third kappa shape index (κ3) is 4.68. The lowest BCUT2D eigenvalue weighted by molar-refractivity contribution is -0.119. The Morgan fingerprint density at radius 1 is 1.21 bits per heavy atom. The fourth-order valence-corrected chi connectivity index (χ4v) is 3.69. The molecular formula is C20H22N4O4S. The number of esters is 1. The number of hydrogen-bond acceptors (Lipinski definition) is 7. The van der Waals surface area contributed by atoms with E-state index in [9.17, 15) is 14.4 Å². The number of carbonyl (C=O) groups is 3. The summed E-state index contributed by atoms with van der Waals surface area (Å²) in [6.07, 6.45) is 2.14. The number of fused-ring (bicyclic) bond motifs is 1. The second-order valence-corrected chi connectivity index (χ2v) is 8.08. The van der Waals surface area contributed by atoms with E-state index in [-0.39, 0.29) is 23.3 Å². The fraction of sp³-hybridized carbons (Fsp3) is 0.350. The average molecular weight is 414 g/mol. The Morgan fingerprint density at radius 2 is 1.97 bits per heavy atom. The van der Waals surface area contributed by atoms with Gasteiger partial charge in [0.25, 0.3) is 0 Å². The second kappa shape index (κ2) is 8.52. The van der Waals surface area contributed by atoms with E-state index in [1.54, 1.807) is 29.1 Å². The van der Waals surface area contributed by atoms with Gasteiger partial charge in [-0.15, -0.1) is 11.3 Å². The summed E-state index contributed by atoms with van der Waals surface area (Å²) >= 11 is 1.26. The number of hydrogen-bond donors (Lipinski definition) is 1. The Hall–Kier alpha value is -3.07. The summed E-state index contributed by atoms with van der Waals surface area (Å²) in [6.45, 7) is 7.32. The normalized spacial score (nSPS) is 12.2. The molecule has 0 aliphatic carbocycles. The standard InChI is InChI=1S/C20H22N4O4S/c1-11(2)24-19-14(9-23-24)7-15(8-22-19)20(27)28-12(3)18(26)17-6-5-16(29-17)10-21-13(4)25/h5-9,11-12H,10H2,1-4H3,(H,21,25). The summed E-state index contributed by atoms with van der Waals surface area (Å²) in [7, 11) is 0. The average Bonchev–Trinajstić information content (AvgIpc) is 3.32. The van der Waals surface area contributed by atoms with Gasteiger partial charge in [-0.1, -0.05) is 0 Å². The van der Waals surface area contributed by atoms with Gasteiger partial charge in [-0.25, -0.2) is 14.5 Å². The smallest absolute Gasteiger partial charge is 0.340 e. The summed E-state index contributed by atoms with van der Waals surface area (Å²) in [6, 6.07) is 5.25. The predicted octanol–water partition coefficient (Wildman–Crippen LogP) is 3.14. The molecule has 0 saturated carbocycles. The Balaban J connectivity index is 1.67. The van der Waals surface area contributed by atoms with Gasteiger partial charge in [-0.05, 0) is 39.0 Å². The number of pyridine rings is 1. The zero-order chi connectivity index (χ0) is 21.1. The Bertz CT molecular complexity index is 1070. The number of nitrogens with one attached hydrogen (secondary N) is 1. The van der Waals surface area contributed by atoms with E-state index < -0.39 is 12.1 Å². The topological polar surface area (TPSA) is 103 Å². The van der Waals surface area contributed by atoms with Gasteiger partial charge in [-0.2, -0.15) is 5.10 Å². The highest BCUT2D eigenvalue weighted by Crippen LogP contribution is 2.21. The highest BCUT2D eigenvalue weighted by molar-refractivity contribution is 7.14. The molecule has 29 heavy (non-hydrogen) atoms. The summed E-state index contributed by atoms with van der Waals surface area (Å²) < 4.78 is 7.11. The Labute approximate surface area is 171 Å². The van der Waals surface area contributed by atoms with Crippen LogP contribution < -0.4 is 5.32 Å². The van der Waals surface area contributed by atoms with Crippen LogP contribution >= 0.6 is 11.3 Å². The number of ketones is 1. The molecule has 0 aromatic carbocycles. The number of amides is 1. The molecule has 1 atom stereocenters. The summed E-state index contributed by atoms with van der Waals surface area (Å²) in [5.41, 5.74) is 0.948. The van der Waals surface area contributed by atoms with Crippen LogP contribution in [0.1, 0.15) is 58.6 Å². The summed E-state index contributed by atoms with van der Waals surface area (Å²) in [5, 5.41) is 7.69. The van der Waals surface area contributed by atoms with E-state index in [0.29, 0.717) is 17.1 Å². The van der Waals surface area contributed by atoms with Crippen molar-refractivity contribution in [2.45, 2.75) is 46.4 Å². The van der Waals surface area contributed by atoms with Gasteiger partial charge in [0.05, 0.1) is 23.2 Å². The Morgan fingerprint density at radius 3 is 2.66 bits per heavy atom. The zero-order valence-corrected chi connectivity index (χ0v) is 17.4. The molecule has 9 heteroatoms. The van der Waals surface area contributed by atoms with Gasteiger partial charge in [0.1, 0.15) is 0 Å². The number of carbonyl (C=O) groups excluding carboxylic acids is 3. The van der Waals surface area contributed by atoms with E-state index in [4.69, 9.17) is 4.74 Å². The monoisotopic (exact) mass is 414 g/mol. The molecule has 3 rings (SSSR count). The maximum atomic E-state index is 12.6. The number of thiophene rings is 1. The van der Waals surface area contributed by atoms with Crippen LogP contribution in [0.4, 0.5) is 0 Å². The molecule has 3 aromatic rings. The molecule has 1 amide bonds. The van der Waals surface area contributed by atoms with E-state index >= 15 is 0 Å². The minimum atomic E-state index is -0.941. The van der Waals surface area contributed by atoms with Gasteiger partial charge in [0.15, 0.2) is 11.8 Å². The first-order valence-electron chi connectivity index (χ1n) is 9.18. The van der Waals surface area contributed by atoms with Crippen molar-refractivity contribution < 1.29 is 19.1 Å². The highest BCUT2D eigenvalue weighted by Gasteiger charge is 2.22. The lowest BCUT2D eigenvalue weighted by atomic mass is 10.2. The first-order valence-corrected chi connectivity index (χ1v) is 9.99. The zero-order valence-electron chi connectivity index (χ0n) is 16.6. The van der Waals surface area contributed by atoms with Crippen LogP contribution in [0.3, 0.4) is 0 Å². The molecule has 0 saturated heterocycles. The molecule has 3 heterocycles. The molecule has 0 radical (unpaired) electrons. The van der Waals surface area contributed by atoms with Crippen molar-refractivity contribution in [2.75, 3.05) is 0 Å². The molecule has 0 aliphatic heterocycles. The molecule has 1 N–H and O–H groups in total. The first kappa shape index (κ1) is 20.7. The van der Waals surface area contributed by atoms with Gasteiger partial charge in [0.2, 0.25) is 11.7 Å². The minimum absolute atomic E-state index is 0.141. The quantitative estimate of drug-likeness (QED) is 0.471. The maximum absolute atomic E-state index is 12.6. The van der Waals surface area contributed by atoms with Crippen molar-refractivity contribution in [1.82, 2.24) is 20.1 Å². The van der Waals surface area contributed by atoms with Crippen molar-refractivity contribution in [2.24, 2.45) is 0 Å². The largest absolute Gasteiger partial charge is 0.451 e. The van der Waals surface area contributed by atoms with Crippen LogP contribution in [-0.2, 0) is 16.1 Å². The third-order valence-corrected chi connectivity index (χ3v) is 5.33. The van der Waals surface area contributed by atoms with Gasteiger partial charge >= 0.3 is 5.97 Å². The maximum Gasteiger partial charge on any atom is 0.340 e. The van der Waals surface area contributed by atoms with Crippen molar-refractivity contribution >= 4 is 40.0 Å². The molecule has 0 aliphatic rings. The third-order valence-electron chi connectivity index (χ3n) is 4.23. The number of aromatic nitrogens is 3. The Kier molecular flexibility index (Phi) is 6.07. The van der Waals surface area contributed by atoms with E-state index in [1.807, 2.05) is 13.8 Å². The van der Waals surface area contributed by atoms with Crippen LogP contribution in [0.25, 0.3) is 11.0 Å². The van der Waals surface area contributed by atoms with E-state index in [2.05, 4.69) is 15.4 Å². The van der Waals surface area contributed by atoms with Crippen molar-refractivity contribution in [3.8, 4) is 0 Å². The summed E-state index contributed by atoms with van der Waals surface area (Å²) in [4.78, 5) is 41.7. The number of Topliss-reactive ketones (excluding diaryl/α,β-unsaturated/α-hetero) is 1. The number of rotatable bonds is 7. The van der Waals surface area contributed by atoms with Gasteiger partial charge < -0.3 is 10.1 Å². The molecular weight excluding hydrogens is 392 g/mol. The SMILES string of the molecule is CC(=O)NCc1ccc(C(=O)C(C)OC(=O)c2cnc3c(cnn3C(C)C)c2)s1. The van der Waals surface area contributed by atoms with Crippen LogP contribution in [0.15, 0.2) is 30.6 Å². The van der Waals surface area contributed by atoms with Crippen molar-refractivity contribution in [3.05, 3.63) is 45.9 Å². The molecule has 1 unspecified atom stereocenters. The van der Waals surface area contributed by atoms with Crippen molar-refractivity contribution in [3.63, 3.8) is 0 Å². The number of ether oxygens (including phenoxy) is 1. The molecule has 8 nitrogen and oxygen atoms in total. The predicted molar refractivity (Wildman–Crippen MR) is 109 cm³/mol. The molecule has 0 bridgehead atoms. The van der Waals surface area contributed by atoms with Crippen LogP contribution in [0, 0.1) is 0 Å². The van der Waals surface area contributed by atoms with Crippen molar-refractivity contribution in [1.29, 1.82) is 0 Å². The highest BCUT2D eigenvalue weighted by atomic mass is 32.1. The van der Waals surface area contributed by atoms with E-state index in [0.717, 1.165) is 10.3 Å². The van der Waals surface area contributed by atoms with Crippen LogP contribution in [-0.4, -0.2) is 38.5 Å². The fourth-order valence-electron chi connectivity index (χ4n) is 2.73. The second-order valence-electron chi connectivity index (χ2n) is 6.91. The molecule has 0 spiro atoms. The summed E-state index contributed by atoms with van der Waals surface area (Å²) in [5.74, 6) is -1.05. The first-order chi connectivity index (χ1) is 13.8. The number of nitrogens with zero attached hydrogens (tertiary/aromatic N) is 3.